The molecule has 1 aromatic carbocycles. The van der Waals surface area contributed by atoms with Crippen molar-refractivity contribution in [3.05, 3.63) is 39.2 Å². The van der Waals surface area contributed by atoms with Gasteiger partial charge in [-0.2, -0.15) is 5.26 Å². The predicted octanol–water partition coefficient (Wildman–Crippen LogP) is 4.58. The molecule has 0 unspecified atom stereocenters. The van der Waals surface area contributed by atoms with Crippen molar-refractivity contribution in [1.29, 1.82) is 5.26 Å². The summed E-state index contributed by atoms with van der Waals surface area (Å²) in [5, 5.41) is 9.09. The van der Waals surface area contributed by atoms with Crippen LogP contribution in [0.25, 0.3) is 10.4 Å². The van der Waals surface area contributed by atoms with Gasteiger partial charge in [-0.05, 0) is 29.7 Å². The zero-order valence-corrected chi connectivity index (χ0v) is 12.4. The highest BCUT2D eigenvalue weighted by Crippen LogP contribution is 2.39. The molecule has 0 spiro atoms. The van der Waals surface area contributed by atoms with E-state index in [0.717, 1.165) is 33.3 Å². The number of rotatable bonds is 3. The molecular formula is C14H13BrN2S. The Bertz CT molecular complexity index is 593. The molecule has 1 aromatic heterocycles. The first kappa shape index (κ1) is 13.1. The highest BCUT2D eigenvalue weighted by atomic mass is 79.9. The molecule has 0 radical (unpaired) electrons. The first-order valence-electron chi connectivity index (χ1n) is 5.74. The van der Waals surface area contributed by atoms with E-state index in [1.807, 2.05) is 12.1 Å². The molecule has 0 aliphatic rings. The Morgan fingerprint density at radius 2 is 2.00 bits per heavy atom. The SMILES string of the molecule is CCCc1c(-c2ccc(Br)cc2)sc(C#N)c1N. The van der Waals surface area contributed by atoms with Crippen molar-refractivity contribution in [3.8, 4) is 16.5 Å². The lowest BCUT2D eigenvalue weighted by molar-refractivity contribution is 0.930. The van der Waals surface area contributed by atoms with Crippen molar-refractivity contribution in [1.82, 2.24) is 0 Å². The number of nitrogens with zero attached hydrogens (tertiary/aromatic N) is 1. The number of hydrogen-bond acceptors (Lipinski definition) is 3. The summed E-state index contributed by atoms with van der Waals surface area (Å²) < 4.78 is 1.05. The van der Waals surface area contributed by atoms with Crippen molar-refractivity contribution in [2.45, 2.75) is 19.8 Å². The average molecular weight is 321 g/mol. The molecule has 0 atom stereocenters. The Labute approximate surface area is 119 Å². The predicted molar refractivity (Wildman–Crippen MR) is 80.6 cm³/mol. The van der Waals surface area contributed by atoms with E-state index in [2.05, 4.69) is 41.1 Å². The molecule has 1 heterocycles. The largest absolute Gasteiger partial charge is 0.397 e. The van der Waals surface area contributed by atoms with E-state index in [-0.39, 0.29) is 0 Å². The molecule has 2 rings (SSSR count). The molecule has 2 nitrogen and oxygen atoms in total. The summed E-state index contributed by atoms with van der Waals surface area (Å²) in [6, 6.07) is 10.3. The quantitative estimate of drug-likeness (QED) is 0.899. The molecule has 2 N–H and O–H groups in total. The zero-order valence-electron chi connectivity index (χ0n) is 10.0. The Kier molecular flexibility index (Phi) is 4.05. The van der Waals surface area contributed by atoms with E-state index < -0.39 is 0 Å². The number of halogens is 1. The van der Waals surface area contributed by atoms with E-state index in [0.29, 0.717) is 10.6 Å². The lowest BCUT2D eigenvalue weighted by Gasteiger charge is -2.04. The Hall–Kier alpha value is -1.31. The summed E-state index contributed by atoms with van der Waals surface area (Å²) in [5.74, 6) is 0. The van der Waals surface area contributed by atoms with Crippen LogP contribution >= 0.6 is 27.3 Å². The lowest BCUT2D eigenvalue weighted by atomic mass is 10.0. The summed E-state index contributed by atoms with van der Waals surface area (Å²) in [6.07, 6.45) is 1.94. The fourth-order valence-corrected chi connectivity index (χ4v) is 3.23. The zero-order chi connectivity index (χ0) is 13.1. The second-order valence-corrected chi connectivity index (χ2v) is 5.96. The smallest absolute Gasteiger partial charge is 0.128 e. The van der Waals surface area contributed by atoms with Gasteiger partial charge in [0.15, 0.2) is 0 Å². The van der Waals surface area contributed by atoms with Crippen LogP contribution in [-0.2, 0) is 6.42 Å². The molecule has 0 saturated heterocycles. The maximum Gasteiger partial charge on any atom is 0.128 e. The molecule has 92 valence electrons. The Morgan fingerprint density at radius 1 is 1.33 bits per heavy atom. The van der Waals surface area contributed by atoms with E-state index >= 15 is 0 Å². The lowest BCUT2D eigenvalue weighted by Crippen LogP contribution is -1.93. The van der Waals surface area contributed by atoms with Crippen LogP contribution in [0.3, 0.4) is 0 Å². The third-order valence-corrected chi connectivity index (χ3v) is 4.49. The second kappa shape index (κ2) is 5.55. The highest BCUT2D eigenvalue weighted by molar-refractivity contribution is 9.10. The van der Waals surface area contributed by atoms with Crippen molar-refractivity contribution in [2.24, 2.45) is 0 Å². The minimum Gasteiger partial charge on any atom is -0.397 e. The normalized spacial score (nSPS) is 10.3. The summed E-state index contributed by atoms with van der Waals surface area (Å²) in [7, 11) is 0. The van der Waals surface area contributed by atoms with Gasteiger partial charge < -0.3 is 5.73 Å². The van der Waals surface area contributed by atoms with Crippen molar-refractivity contribution in [3.63, 3.8) is 0 Å². The van der Waals surface area contributed by atoms with Crippen molar-refractivity contribution < 1.29 is 0 Å². The van der Waals surface area contributed by atoms with Gasteiger partial charge in [0.05, 0.1) is 5.69 Å². The molecule has 0 fully saturated rings. The average Bonchev–Trinajstić information content (AvgIpc) is 2.69. The fourth-order valence-electron chi connectivity index (χ4n) is 1.89. The van der Waals surface area contributed by atoms with Crippen LogP contribution in [0.1, 0.15) is 23.8 Å². The van der Waals surface area contributed by atoms with E-state index in [4.69, 9.17) is 11.0 Å². The molecule has 0 aliphatic heterocycles. The second-order valence-electron chi connectivity index (χ2n) is 4.02. The third-order valence-electron chi connectivity index (χ3n) is 2.76. The summed E-state index contributed by atoms with van der Waals surface area (Å²) in [6.45, 7) is 2.12. The van der Waals surface area contributed by atoms with Crippen LogP contribution in [-0.4, -0.2) is 0 Å². The molecule has 2 aromatic rings. The Morgan fingerprint density at radius 3 is 2.56 bits per heavy atom. The number of thiophene rings is 1. The fraction of sp³-hybridized carbons (Fsp3) is 0.214. The maximum absolute atomic E-state index is 9.09. The monoisotopic (exact) mass is 320 g/mol. The number of hydrogen-bond donors (Lipinski definition) is 1. The molecule has 18 heavy (non-hydrogen) atoms. The van der Waals surface area contributed by atoms with Crippen LogP contribution in [0.15, 0.2) is 28.7 Å². The van der Waals surface area contributed by atoms with Crippen LogP contribution in [0.5, 0.6) is 0 Å². The van der Waals surface area contributed by atoms with Crippen molar-refractivity contribution in [2.75, 3.05) is 5.73 Å². The molecular weight excluding hydrogens is 308 g/mol. The van der Waals surface area contributed by atoms with Gasteiger partial charge in [0.1, 0.15) is 10.9 Å². The number of nitrogens with two attached hydrogens (primary N) is 1. The number of nitrogen functional groups attached to an aromatic ring is 1. The van der Waals surface area contributed by atoms with Gasteiger partial charge in [-0.3, -0.25) is 0 Å². The minimum atomic E-state index is 0.622. The Balaban J connectivity index is 2.56. The number of benzene rings is 1. The van der Waals surface area contributed by atoms with Gasteiger partial charge in [0.25, 0.3) is 0 Å². The minimum absolute atomic E-state index is 0.622. The third kappa shape index (κ3) is 2.43. The van der Waals surface area contributed by atoms with Gasteiger partial charge in [-0.15, -0.1) is 11.3 Å². The number of nitriles is 1. The molecule has 4 heteroatoms. The highest BCUT2D eigenvalue weighted by Gasteiger charge is 2.16. The van der Waals surface area contributed by atoms with E-state index in [1.54, 1.807) is 0 Å². The molecule has 0 bridgehead atoms. The van der Waals surface area contributed by atoms with Crippen LogP contribution in [0.4, 0.5) is 5.69 Å². The topological polar surface area (TPSA) is 49.8 Å². The van der Waals surface area contributed by atoms with E-state index in [9.17, 15) is 0 Å². The van der Waals surface area contributed by atoms with Gasteiger partial charge in [-0.25, -0.2) is 0 Å². The van der Waals surface area contributed by atoms with Crippen LogP contribution in [0, 0.1) is 11.3 Å². The standard InChI is InChI=1S/C14H13BrN2S/c1-2-3-11-13(17)12(8-16)18-14(11)9-4-6-10(15)7-5-9/h4-7H,2-3,17H2,1H3. The van der Waals surface area contributed by atoms with Crippen LogP contribution < -0.4 is 5.73 Å². The number of anilines is 1. The maximum atomic E-state index is 9.09. The molecule has 0 aliphatic carbocycles. The van der Waals surface area contributed by atoms with E-state index in [1.165, 1.54) is 11.3 Å². The summed E-state index contributed by atoms with van der Waals surface area (Å²) >= 11 is 4.91. The first-order chi connectivity index (χ1) is 8.67. The van der Waals surface area contributed by atoms with Gasteiger partial charge in [-0.1, -0.05) is 41.4 Å². The summed E-state index contributed by atoms with van der Waals surface area (Å²) in [4.78, 5) is 1.75. The van der Waals surface area contributed by atoms with Gasteiger partial charge in [0, 0.05) is 9.35 Å². The van der Waals surface area contributed by atoms with Crippen LogP contribution in [0.2, 0.25) is 0 Å². The summed E-state index contributed by atoms with van der Waals surface area (Å²) in [5.41, 5.74) is 8.94. The molecule has 0 amide bonds. The first-order valence-corrected chi connectivity index (χ1v) is 7.35. The molecule has 0 saturated carbocycles. The van der Waals surface area contributed by atoms with Gasteiger partial charge >= 0.3 is 0 Å². The van der Waals surface area contributed by atoms with Gasteiger partial charge in [0.2, 0.25) is 0 Å². The van der Waals surface area contributed by atoms with Crippen molar-refractivity contribution >= 4 is 33.0 Å².